The summed E-state index contributed by atoms with van der Waals surface area (Å²) in [6, 6.07) is 8.19. The monoisotopic (exact) mass is 412 g/mol. The quantitative estimate of drug-likeness (QED) is 0.370. The predicted octanol–water partition coefficient (Wildman–Crippen LogP) is 2.70. The smallest absolute Gasteiger partial charge is 0.191 e. The first-order valence-corrected chi connectivity index (χ1v) is 11.5. The van der Waals surface area contributed by atoms with Gasteiger partial charge in [0.2, 0.25) is 0 Å². The topological polar surface area (TPSA) is 77.6 Å². The fourth-order valence-electron chi connectivity index (χ4n) is 4.91. The minimum Gasteiger partial charge on any atom is -0.379 e. The van der Waals surface area contributed by atoms with Gasteiger partial charge in [-0.2, -0.15) is 0 Å². The summed E-state index contributed by atoms with van der Waals surface area (Å²) in [6.45, 7) is 5.64. The summed E-state index contributed by atoms with van der Waals surface area (Å²) in [6.07, 6.45) is 8.48. The molecule has 7 nitrogen and oxygen atoms in total. The van der Waals surface area contributed by atoms with Crippen LogP contribution in [0.3, 0.4) is 0 Å². The Balaban J connectivity index is 1.25. The minimum atomic E-state index is 0.244. The predicted molar refractivity (Wildman–Crippen MR) is 122 cm³/mol. The average Bonchev–Trinajstić information content (AvgIpc) is 3.23. The summed E-state index contributed by atoms with van der Waals surface area (Å²) >= 11 is 0. The lowest BCUT2D eigenvalue weighted by Gasteiger charge is -2.48. The molecule has 4 rings (SSSR count). The van der Waals surface area contributed by atoms with E-state index in [4.69, 9.17) is 4.74 Å². The van der Waals surface area contributed by atoms with Crippen LogP contribution >= 0.6 is 0 Å². The molecule has 2 aromatic rings. The van der Waals surface area contributed by atoms with Crippen molar-refractivity contribution in [3.8, 4) is 0 Å². The molecule has 1 saturated heterocycles. The van der Waals surface area contributed by atoms with E-state index in [0.717, 1.165) is 75.1 Å². The first-order valence-electron chi connectivity index (χ1n) is 11.5. The van der Waals surface area contributed by atoms with E-state index < -0.39 is 0 Å². The lowest BCUT2D eigenvalue weighted by Crippen LogP contribution is -2.60. The summed E-state index contributed by atoms with van der Waals surface area (Å²) in [5.74, 6) is 1.95. The molecular formula is C23H36N6O. The molecule has 0 amide bonds. The lowest BCUT2D eigenvalue weighted by atomic mass is 9.80. The third-order valence-electron chi connectivity index (χ3n) is 6.60. The molecule has 0 radical (unpaired) electrons. The number of morpholine rings is 1. The molecule has 0 bridgehead atoms. The molecule has 1 aliphatic carbocycles. The summed E-state index contributed by atoms with van der Waals surface area (Å²) in [4.78, 5) is 15.2. The van der Waals surface area contributed by atoms with Crippen molar-refractivity contribution in [3.63, 3.8) is 0 Å². The van der Waals surface area contributed by atoms with Gasteiger partial charge in [-0.1, -0.05) is 31.4 Å². The molecule has 30 heavy (non-hydrogen) atoms. The maximum absolute atomic E-state index is 5.60. The van der Waals surface area contributed by atoms with Crippen molar-refractivity contribution < 1.29 is 4.74 Å². The number of fused-ring (bicyclic) bond motifs is 1. The molecule has 1 saturated carbocycles. The van der Waals surface area contributed by atoms with Crippen LogP contribution in [-0.4, -0.2) is 72.8 Å². The van der Waals surface area contributed by atoms with Crippen LogP contribution in [-0.2, 0) is 11.2 Å². The Morgan fingerprint density at radius 3 is 2.73 bits per heavy atom. The van der Waals surface area contributed by atoms with Gasteiger partial charge in [0, 0.05) is 45.2 Å². The molecular weight excluding hydrogens is 376 g/mol. The minimum absolute atomic E-state index is 0.244. The van der Waals surface area contributed by atoms with Crippen molar-refractivity contribution in [3.05, 3.63) is 30.1 Å². The third-order valence-corrected chi connectivity index (χ3v) is 6.60. The van der Waals surface area contributed by atoms with Crippen molar-refractivity contribution in [2.45, 2.75) is 50.5 Å². The molecule has 2 fully saturated rings. The first kappa shape index (κ1) is 21.1. The van der Waals surface area contributed by atoms with Gasteiger partial charge in [-0.05, 0) is 31.4 Å². The van der Waals surface area contributed by atoms with Gasteiger partial charge in [-0.3, -0.25) is 9.89 Å². The third kappa shape index (κ3) is 5.13. The Kier molecular flexibility index (Phi) is 7.23. The number of nitrogens with one attached hydrogen (secondary N) is 3. The highest BCUT2D eigenvalue weighted by Crippen LogP contribution is 2.33. The summed E-state index contributed by atoms with van der Waals surface area (Å²) in [5.41, 5.74) is 2.39. The molecule has 1 aromatic carbocycles. The van der Waals surface area contributed by atoms with Crippen LogP contribution in [0.25, 0.3) is 11.0 Å². The van der Waals surface area contributed by atoms with Crippen molar-refractivity contribution in [1.82, 2.24) is 25.5 Å². The number of ether oxygens (including phenoxy) is 1. The molecule has 1 aliphatic heterocycles. The van der Waals surface area contributed by atoms with Crippen molar-refractivity contribution in [2.24, 2.45) is 4.99 Å². The van der Waals surface area contributed by atoms with E-state index in [2.05, 4.69) is 42.6 Å². The van der Waals surface area contributed by atoms with Gasteiger partial charge in [-0.15, -0.1) is 0 Å². The number of aromatic amines is 1. The number of guanidine groups is 1. The fourth-order valence-corrected chi connectivity index (χ4v) is 4.91. The van der Waals surface area contributed by atoms with Crippen LogP contribution in [0.5, 0.6) is 0 Å². The zero-order valence-corrected chi connectivity index (χ0v) is 18.3. The second-order valence-corrected chi connectivity index (χ2v) is 8.54. The van der Waals surface area contributed by atoms with Gasteiger partial charge in [0.05, 0.1) is 24.2 Å². The molecule has 0 unspecified atom stereocenters. The molecule has 7 heteroatoms. The van der Waals surface area contributed by atoms with Crippen molar-refractivity contribution in [1.29, 1.82) is 0 Å². The van der Waals surface area contributed by atoms with Gasteiger partial charge in [0.1, 0.15) is 5.82 Å². The fraction of sp³-hybridized carbons (Fsp3) is 0.652. The SMILES string of the molecule is CN=C(NCCCc1nc2ccccc2[nH]1)NCC1(N2CCOCC2)CCCCC1. The van der Waals surface area contributed by atoms with E-state index in [1.807, 2.05) is 19.2 Å². The highest BCUT2D eigenvalue weighted by Gasteiger charge is 2.38. The Hall–Kier alpha value is -2.12. The van der Waals surface area contributed by atoms with Crippen LogP contribution in [0.2, 0.25) is 0 Å². The number of hydrogen-bond donors (Lipinski definition) is 3. The zero-order valence-electron chi connectivity index (χ0n) is 18.3. The highest BCUT2D eigenvalue weighted by molar-refractivity contribution is 5.79. The summed E-state index contributed by atoms with van der Waals surface area (Å²) < 4.78 is 5.60. The zero-order chi connectivity index (χ0) is 20.7. The molecule has 164 valence electrons. The number of rotatable bonds is 7. The van der Waals surface area contributed by atoms with E-state index in [0.29, 0.717) is 0 Å². The van der Waals surface area contributed by atoms with Crippen molar-refractivity contribution in [2.75, 3.05) is 46.4 Å². The molecule has 0 spiro atoms. The maximum Gasteiger partial charge on any atom is 0.191 e. The standard InChI is InChI=1S/C23H36N6O/c1-24-22(25-13-7-10-21-27-19-8-3-4-9-20(19)28-21)26-18-23(11-5-2-6-12-23)29-14-16-30-17-15-29/h3-4,8-9H,2,5-7,10-18H2,1H3,(H,27,28)(H2,24,25,26). The Labute approximate surface area is 179 Å². The van der Waals surface area contributed by atoms with E-state index in [1.54, 1.807) is 0 Å². The second kappa shape index (κ2) is 10.3. The van der Waals surface area contributed by atoms with E-state index in [-0.39, 0.29) is 5.54 Å². The van der Waals surface area contributed by atoms with Crippen molar-refractivity contribution >= 4 is 17.0 Å². The lowest BCUT2D eigenvalue weighted by molar-refractivity contribution is -0.0352. The molecule has 2 heterocycles. The first-order chi connectivity index (χ1) is 14.8. The van der Waals surface area contributed by atoms with Crippen LogP contribution in [0.1, 0.15) is 44.3 Å². The number of aliphatic imine (C=N–C) groups is 1. The molecule has 0 atom stereocenters. The van der Waals surface area contributed by atoms with Crippen LogP contribution in [0.4, 0.5) is 0 Å². The van der Waals surface area contributed by atoms with Crippen LogP contribution in [0.15, 0.2) is 29.3 Å². The maximum atomic E-state index is 5.60. The Bertz CT molecular complexity index is 787. The van der Waals surface area contributed by atoms with E-state index in [1.165, 1.54) is 32.1 Å². The van der Waals surface area contributed by atoms with Gasteiger partial charge in [0.25, 0.3) is 0 Å². The summed E-state index contributed by atoms with van der Waals surface area (Å²) in [7, 11) is 1.86. The number of hydrogen-bond acceptors (Lipinski definition) is 4. The van der Waals surface area contributed by atoms with Gasteiger partial charge >= 0.3 is 0 Å². The number of benzene rings is 1. The number of para-hydroxylation sites is 2. The molecule has 3 N–H and O–H groups in total. The number of H-pyrrole nitrogens is 1. The number of aromatic nitrogens is 2. The van der Waals surface area contributed by atoms with Gasteiger partial charge in [-0.25, -0.2) is 4.98 Å². The average molecular weight is 413 g/mol. The Morgan fingerprint density at radius 2 is 1.97 bits per heavy atom. The van der Waals surface area contributed by atoms with Crippen LogP contribution in [0, 0.1) is 0 Å². The van der Waals surface area contributed by atoms with E-state index in [9.17, 15) is 0 Å². The molecule has 2 aliphatic rings. The van der Waals surface area contributed by atoms with Gasteiger partial charge in [0.15, 0.2) is 5.96 Å². The largest absolute Gasteiger partial charge is 0.379 e. The number of nitrogens with zero attached hydrogens (tertiary/aromatic N) is 3. The second-order valence-electron chi connectivity index (χ2n) is 8.54. The highest BCUT2D eigenvalue weighted by atomic mass is 16.5. The van der Waals surface area contributed by atoms with Crippen LogP contribution < -0.4 is 10.6 Å². The number of imidazole rings is 1. The number of aryl methyl sites for hydroxylation is 1. The van der Waals surface area contributed by atoms with Gasteiger partial charge < -0.3 is 20.4 Å². The molecule has 1 aromatic heterocycles. The normalized spacial score (nSPS) is 20.4. The Morgan fingerprint density at radius 1 is 1.17 bits per heavy atom. The van der Waals surface area contributed by atoms with E-state index >= 15 is 0 Å². The summed E-state index contributed by atoms with van der Waals surface area (Å²) in [5, 5.41) is 7.12.